The molecule has 1 aromatic rings. The first kappa shape index (κ1) is 13.1. The third kappa shape index (κ3) is 2.29. The minimum Gasteiger partial charge on any atom is -0.469 e. The van der Waals surface area contributed by atoms with Crippen molar-refractivity contribution in [3.05, 3.63) is 23.7 Å². The number of hydrogen-bond acceptors (Lipinski definition) is 3. The lowest BCUT2D eigenvalue weighted by Gasteiger charge is -2.31. The molecule has 1 saturated carbocycles. The first-order chi connectivity index (χ1) is 8.59. The molecule has 1 aromatic heterocycles. The summed E-state index contributed by atoms with van der Waals surface area (Å²) < 4.78 is 5.26. The molecule has 0 unspecified atom stereocenters. The van der Waals surface area contributed by atoms with E-state index < -0.39 is 0 Å². The van der Waals surface area contributed by atoms with Gasteiger partial charge in [-0.05, 0) is 25.8 Å². The van der Waals surface area contributed by atoms with Crippen molar-refractivity contribution in [3.63, 3.8) is 0 Å². The van der Waals surface area contributed by atoms with Crippen LogP contribution in [0.4, 0.5) is 0 Å². The topological polar surface area (TPSA) is 59.5 Å². The van der Waals surface area contributed by atoms with Gasteiger partial charge >= 0.3 is 0 Å². The van der Waals surface area contributed by atoms with Gasteiger partial charge in [-0.15, -0.1) is 0 Å². The van der Waals surface area contributed by atoms with Gasteiger partial charge in [0.25, 0.3) is 0 Å². The van der Waals surface area contributed by atoms with Gasteiger partial charge in [-0.2, -0.15) is 0 Å². The summed E-state index contributed by atoms with van der Waals surface area (Å²) in [5, 5.41) is 0. The monoisotopic (exact) mass is 250 g/mol. The SMILES string of the molecule is Cc1occc1CN(C)C(=O)C1(CN)CCCC1. The third-order valence-corrected chi connectivity index (χ3v) is 4.13. The number of amides is 1. The van der Waals surface area contributed by atoms with E-state index in [9.17, 15) is 4.79 Å². The summed E-state index contributed by atoms with van der Waals surface area (Å²) in [5.74, 6) is 1.06. The van der Waals surface area contributed by atoms with E-state index in [4.69, 9.17) is 10.2 Å². The number of aryl methyl sites for hydroxylation is 1. The number of carbonyl (C=O) groups is 1. The number of hydrogen-bond donors (Lipinski definition) is 1. The highest BCUT2D eigenvalue weighted by atomic mass is 16.3. The zero-order valence-corrected chi connectivity index (χ0v) is 11.2. The summed E-state index contributed by atoms with van der Waals surface area (Å²) in [4.78, 5) is 14.3. The second-order valence-corrected chi connectivity index (χ2v) is 5.35. The molecule has 18 heavy (non-hydrogen) atoms. The summed E-state index contributed by atoms with van der Waals surface area (Å²) >= 11 is 0. The first-order valence-corrected chi connectivity index (χ1v) is 6.58. The van der Waals surface area contributed by atoms with Crippen LogP contribution >= 0.6 is 0 Å². The van der Waals surface area contributed by atoms with Gasteiger partial charge in [0.15, 0.2) is 0 Å². The smallest absolute Gasteiger partial charge is 0.230 e. The maximum Gasteiger partial charge on any atom is 0.230 e. The van der Waals surface area contributed by atoms with Crippen molar-refractivity contribution in [3.8, 4) is 0 Å². The number of nitrogens with zero attached hydrogens (tertiary/aromatic N) is 1. The Kier molecular flexibility index (Phi) is 3.76. The summed E-state index contributed by atoms with van der Waals surface area (Å²) in [5.41, 5.74) is 6.60. The standard InChI is InChI=1S/C14H22N2O2/c1-11-12(5-8-18-11)9-16(2)13(17)14(10-15)6-3-4-7-14/h5,8H,3-4,6-7,9-10,15H2,1-2H3. The summed E-state index contributed by atoms with van der Waals surface area (Å²) in [6.07, 6.45) is 5.74. The number of furan rings is 1. The van der Waals surface area contributed by atoms with Crippen LogP contribution in [-0.2, 0) is 11.3 Å². The van der Waals surface area contributed by atoms with E-state index >= 15 is 0 Å². The molecule has 1 heterocycles. The van der Waals surface area contributed by atoms with E-state index in [1.165, 1.54) is 0 Å². The van der Waals surface area contributed by atoms with E-state index in [1.807, 2.05) is 20.0 Å². The van der Waals surface area contributed by atoms with Crippen LogP contribution in [0.1, 0.15) is 37.0 Å². The Morgan fingerprint density at radius 3 is 2.67 bits per heavy atom. The van der Waals surface area contributed by atoms with Crippen molar-refractivity contribution < 1.29 is 9.21 Å². The molecule has 0 bridgehead atoms. The van der Waals surface area contributed by atoms with Crippen LogP contribution in [0, 0.1) is 12.3 Å². The number of nitrogens with two attached hydrogens (primary N) is 1. The lowest BCUT2D eigenvalue weighted by Crippen LogP contribution is -2.44. The van der Waals surface area contributed by atoms with Gasteiger partial charge in [0, 0.05) is 25.7 Å². The van der Waals surface area contributed by atoms with Crippen LogP contribution < -0.4 is 5.73 Å². The molecule has 100 valence electrons. The second-order valence-electron chi connectivity index (χ2n) is 5.35. The van der Waals surface area contributed by atoms with Crippen LogP contribution in [0.2, 0.25) is 0 Å². The van der Waals surface area contributed by atoms with Crippen LogP contribution in [0.5, 0.6) is 0 Å². The Morgan fingerprint density at radius 2 is 2.17 bits per heavy atom. The average molecular weight is 250 g/mol. The van der Waals surface area contributed by atoms with E-state index in [2.05, 4.69) is 0 Å². The molecule has 2 N–H and O–H groups in total. The molecule has 0 saturated heterocycles. The van der Waals surface area contributed by atoms with Crippen LogP contribution in [0.25, 0.3) is 0 Å². The molecule has 4 heteroatoms. The minimum absolute atomic E-state index is 0.183. The zero-order valence-electron chi connectivity index (χ0n) is 11.2. The number of rotatable bonds is 4. The Hall–Kier alpha value is -1.29. The van der Waals surface area contributed by atoms with E-state index in [1.54, 1.807) is 11.2 Å². The van der Waals surface area contributed by atoms with Gasteiger partial charge in [-0.25, -0.2) is 0 Å². The fourth-order valence-corrected chi connectivity index (χ4v) is 2.86. The highest BCUT2D eigenvalue weighted by Crippen LogP contribution is 2.38. The third-order valence-electron chi connectivity index (χ3n) is 4.13. The van der Waals surface area contributed by atoms with Gasteiger partial charge in [0.05, 0.1) is 11.7 Å². The van der Waals surface area contributed by atoms with Crippen molar-refractivity contribution in [2.75, 3.05) is 13.6 Å². The predicted molar refractivity (Wildman–Crippen MR) is 69.9 cm³/mol. The molecule has 2 rings (SSSR count). The normalized spacial score (nSPS) is 17.9. The van der Waals surface area contributed by atoms with Gasteiger partial charge in [0.2, 0.25) is 5.91 Å². The molecule has 1 amide bonds. The van der Waals surface area contributed by atoms with Crippen LogP contribution in [0.15, 0.2) is 16.7 Å². The van der Waals surface area contributed by atoms with Gasteiger partial charge in [0.1, 0.15) is 5.76 Å². The van der Waals surface area contributed by atoms with Gasteiger partial charge in [-0.1, -0.05) is 12.8 Å². The Balaban J connectivity index is 2.06. The summed E-state index contributed by atoms with van der Waals surface area (Å²) in [6.45, 7) is 2.98. The molecular weight excluding hydrogens is 228 g/mol. The summed E-state index contributed by atoms with van der Waals surface area (Å²) in [6, 6.07) is 1.92. The molecule has 1 fully saturated rings. The highest BCUT2D eigenvalue weighted by molar-refractivity contribution is 5.83. The molecule has 1 aliphatic carbocycles. The van der Waals surface area contributed by atoms with Crippen LogP contribution in [0.3, 0.4) is 0 Å². The van der Waals surface area contributed by atoms with E-state index in [-0.39, 0.29) is 11.3 Å². The highest BCUT2D eigenvalue weighted by Gasteiger charge is 2.41. The average Bonchev–Trinajstić information content (AvgIpc) is 2.99. The Bertz CT molecular complexity index is 419. The number of carbonyl (C=O) groups excluding carboxylic acids is 1. The van der Waals surface area contributed by atoms with Crippen molar-refractivity contribution >= 4 is 5.91 Å². The zero-order chi connectivity index (χ0) is 13.2. The Labute approximate surface area is 108 Å². The fourth-order valence-electron chi connectivity index (χ4n) is 2.86. The van der Waals surface area contributed by atoms with Crippen molar-refractivity contribution in [2.24, 2.45) is 11.1 Å². The van der Waals surface area contributed by atoms with Crippen molar-refractivity contribution in [1.82, 2.24) is 4.90 Å². The second kappa shape index (κ2) is 5.14. The van der Waals surface area contributed by atoms with Crippen molar-refractivity contribution in [2.45, 2.75) is 39.2 Å². The predicted octanol–water partition coefficient (Wildman–Crippen LogP) is 2.07. The van der Waals surface area contributed by atoms with Gasteiger partial charge < -0.3 is 15.1 Å². The molecule has 4 nitrogen and oxygen atoms in total. The van der Waals surface area contributed by atoms with Crippen molar-refractivity contribution in [1.29, 1.82) is 0 Å². The largest absolute Gasteiger partial charge is 0.469 e. The lowest BCUT2D eigenvalue weighted by atomic mass is 9.84. The lowest BCUT2D eigenvalue weighted by molar-refractivity contribution is -0.140. The fraction of sp³-hybridized carbons (Fsp3) is 0.643. The molecule has 0 radical (unpaired) electrons. The molecular formula is C14H22N2O2. The Morgan fingerprint density at radius 1 is 1.50 bits per heavy atom. The molecule has 1 aliphatic rings. The minimum atomic E-state index is -0.313. The molecule has 0 atom stereocenters. The molecule has 0 spiro atoms. The van der Waals surface area contributed by atoms with Gasteiger partial charge in [-0.3, -0.25) is 4.79 Å². The maximum atomic E-state index is 12.6. The first-order valence-electron chi connectivity index (χ1n) is 6.58. The quantitative estimate of drug-likeness (QED) is 0.890. The molecule has 0 aliphatic heterocycles. The van der Waals surface area contributed by atoms with E-state index in [0.29, 0.717) is 13.1 Å². The van der Waals surface area contributed by atoms with Crippen LogP contribution in [-0.4, -0.2) is 24.4 Å². The maximum absolute atomic E-state index is 12.6. The summed E-state index contributed by atoms with van der Waals surface area (Å²) in [7, 11) is 1.85. The molecule has 0 aromatic carbocycles. The van der Waals surface area contributed by atoms with E-state index in [0.717, 1.165) is 37.0 Å².